The van der Waals surface area contributed by atoms with Crippen LogP contribution >= 0.6 is 0 Å². The summed E-state index contributed by atoms with van der Waals surface area (Å²) in [5, 5.41) is 7.18. The Balaban J connectivity index is 1.68. The van der Waals surface area contributed by atoms with Crippen molar-refractivity contribution in [3.05, 3.63) is 48.3 Å². The molecule has 0 unspecified atom stereocenters. The second-order valence-electron chi connectivity index (χ2n) is 5.80. The van der Waals surface area contributed by atoms with Crippen LogP contribution in [0.25, 0.3) is 0 Å². The largest absolute Gasteiger partial charge is 0.326 e. The lowest BCUT2D eigenvalue weighted by Crippen LogP contribution is -2.49. The Labute approximate surface area is 124 Å². The lowest BCUT2D eigenvalue weighted by Gasteiger charge is -2.37. The summed E-state index contributed by atoms with van der Waals surface area (Å²) in [6.45, 7) is 0.636. The van der Waals surface area contributed by atoms with Crippen molar-refractivity contribution in [3.8, 4) is 0 Å². The maximum atomic E-state index is 12.2. The number of rotatable bonds is 5. The van der Waals surface area contributed by atoms with Gasteiger partial charge in [-0.1, -0.05) is 18.2 Å². The number of carbonyl (C=O) groups is 1. The van der Waals surface area contributed by atoms with Gasteiger partial charge in [-0.2, -0.15) is 5.10 Å². The maximum Gasteiger partial charge on any atom is 0.226 e. The second kappa shape index (κ2) is 5.69. The van der Waals surface area contributed by atoms with Gasteiger partial charge in [-0.3, -0.25) is 9.48 Å². The fourth-order valence-corrected chi connectivity index (χ4v) is 2.67. The van der Waals surface area contributed by atoms with Gasteiger partial charge in [0.1, 0.15) is 0 Å². The van der Waals surface area contributed by atoms with Crippen molar-refractivity contribution in [1.82, 2.24) is 9.78 Å². The number of para-hydroxylation sites is 1. The Bertz CT molecular complexity index is 617. The van der Waals surface area contributed by atoms with Crippen LogP contribution in [0, 0.1) is 0 Å². The van der Waals surface area contributed by atoms with E-state index in [1.165, 1.54) is 0 Å². The Morgan fingerprint density at radius 3 is 2.81 bits per heavy atom. The molecule has 1 amide bonds. The molecule has 1 saturated carbocycles. The first kappa shape index (κ1) is 13.8. The maximum absolute atomic E-state index is 12.2. The topological polar surface area (TPSA) is 72.9 Å². The van der Waals surface area contributed by atoms with Gasteiger partial charge in [0.15, 0.2) is 0 Å². The molecule has 2 aromatic rings. The number of nitrogens with two attached hydrogens (primary N) is 1. The van der Waals surface area contributed by atoms with Crippen LogP contribution in [0.15, 0.2) is 42.7 Å². The van der Waals surface area contributed by atoms with E-state index in [4.69, 9.17) is 5.73 Å². The predicted molar refractivity (Wildman–Crippen MR) is 81.8 cm³/mol. The first-order valence-electron chi connectivity index (χ1n) is 7.29. The molecule has 21 heavy (non-hydrogen) atoms. The number of hydrogen-bond donors (Lipinski definition) is 2. The zero-order valence-corrected chi connectivity index (χ0v) is 12.0. The first-order valence-corrected chi connectivity index (χ1v) is 7.29. The summed E-state index contributed by atoms with van der Waals surface area (Å²) >= 11 is 0. The Morgan fingerprint density at radius 1 is 1.33 bits per heavy atom. The highest BCUT2D eigenvalue weighted by Crippen LogP contribution is 2.32. The molecule has 5 nitrogen and oxygen atoms in total. The van der Waals surface area contributed by atoms with Gasteiger partial charge >= 0.3 is 0 Å². The van der Waals surface area contributed by atoms with Crippen LogP contribution in [-0.2, 0) is 11.3 Å². The van der Waals surface area contributed by atoms with E-state index < -0.39 is 0 Å². The van der Waals surface area contributed by atoms with Crippen molar-refractivity contribution in [2.24, 2.45) is 5.73 Å². The van der Waals surface area contributed by atoms with E-state index >= 15 is 0 Å². The van der Waals surface area contributed by atoms with Crippen molar-refractivity contribution in [3.63, 3.8) is 0 Å². The van der Waals surface area contributed by atoms with Crippen LogP contribution in [0.1, 0.15) is 31.2 Å². The Kier molecular flexibility index (Phi) is 3.75. The molecular formula is C16H20N4O. The SMILES string of the molecule is NC1(CC(=O)Nc2ccccc2Cn2cccn2)CCC1. The number of aromatic nitrogens is 2. The van der Waals surface area contributed by atoms with Crippen LogP contribution in [0.5, 0.6) is 0 Å². The van der Waals surface area contributed by atoms with E-state index in [1.807, 2.05) is 41.2 Å². The van der Waals surface area contributed by atoms with E-state index in [1.54, 1.807) is 6.20 Å². The van der Waals surface area contributed by atoms with E-state index in [0.717, 1.165) is 30.5 Å². The molecule has 1 aromatic heterocycles. The third-order valence-electron chi connectivity index (χ3n) is 4.04. The first-order chi connectivity index (χ1) is 10.1. The normalized spacial score (nSPS) is 16.2. The highest BCUT2D eigenvalue weighted by atomic mass is 16.1. The lowest BCUT2D eigenvalue weighted by atomic mass is 9.75. The average Bonchev–Trinajstić information content (AvgIpc) is 2.92. The minimum Gasteiger partial charge on any atom is -0.326 e. The van der Waals surface area contributed by atoms with Crippen LogP contribution in [0.4, 0.5) is 5.69 Å². The lowest BCUT2D eigenvalue weighted by molar-refractivity contribution is -0.118. The molecule has 1 fully saturated rings. The van der Waals surface area contributed by atoms with Gasteiger partial charge < -0.3 is 11.1 Å². The van der Waals surface area contributed by atoms with Crippen LogP contribution in [-0.4, -0.2) is 21.2 Å². The standard InChI is InChI=1S/C16H20N4O/c17-16(7-3-8-16)11-15(21)19-14-6-2-1-5-13(14)12-20-10-4-9-18-20/h1-2,4-6,9-10H,3,7-8,11-12,17H2,(H,19,21). The molecule has 0 aliphatic heterocycles. The summed E-state index contributed by atoms with van der Waals surface area (Å²) in [5.41, 5.74) is 7.71. The number of carbonyl (C=O) groups excluding carboxylic acids is 1. The molecule has 3 rings (SSSR count). The number of nitrogens with one attached hydrogen (secondary N) is 1. The smallest absolute Gasteiger partial charge is 0.226 e. The molecule has 0 radical (unpaired) electrons. The Morgan fingerprint density at radius 2 is 2.14 bits per heavy atom. The van der Waals surface area contributed by atoms with Crippen LogP contribution in [0.3, 0.4) is 0 Å². The van der Waals surface area contributed by atoms with Crippen molar-refractivity contribution in [2.75, 3.05) is 5.32 Å². The molecule has 0 bridgehead atoms. The van der Waals surface area contributed by atoms with E-state index in [9.17, 15) is 4.79 Å². The third kappa shape index (κ3) is 3.31. The van der Waals surface area contributed by atoms with Gasteiger partial charge in [-0.15, -0.1) is 0 Å². The quantitative estimate of drug-likeness (QED) is 0.883. The van der Waals surface area contributed by atoms with Crippen LogP contribution in [0.2, 0.25) is 0 Å². The molecule has 5 heteroatoms. The van der Waals surface area contributed by atoms with Gasteiger partial charge in [-0.25, -0.2) is 0 Å². The highest BCUT2D eigenvalue weighted by molar-refractivity contribution is 5.92. The summed E-state index contributed by atoms with van der Waals surface area (Å²) in [5.74, 6) is -0.00915. The number of anilines is 1. The zero-order chi connectivity index (χ0) is 14.7. The summed E-state index contributed by atoms with van der Waals surface area (Å²) in [4.78, 5) is 12.2. The van der Waals surface area contributed by atoms with E-state index in [0.29, 0.717) is 13.0 Å². The number of nitrogens with zero attached hydrogens (tertiary/aromatic N) is 2. The van der Waals surface area contributed by atoms with E-state index in [-0.39, 0.29) is 11.4 Å². The van der Waals surface area contributed by atoms with Crippen molar-refractivity contribution in [2.45, 2.75) is 37.8 Å². The van der Waals surface area contributed by atoms with Gasteiger partial charge in [-0.05, 0) is 37.0 Å². The number of benzene rings is 1. The second-order valence-corrected chi connectivity index (χ2v) is 5.80. The zero-order valence-electron chi connectivity index (χ0n) is 12.0. The molecule has 0 saturated heterocycles. The molecule has 1 heterocycles. The van der Waals surface area contributed by atoms with Gasteiger partial charge in [0.25, 0.3) is 0 Å². The molecule has 1 aliphatic rings. The summed E-state index contributed by atoms with van der Waals surface area (Å²) in [7, 11) is 0. The minimum absolute atomic E-state index is 0.00915. The van der Waals surface area contributed by atoms with Crippen molar-refractivity contribution >= 4 is 11.6 Å². The fourth-order valence-electron chi connectivity index (χ4n) is 2.67. The number of amides is 1. The van der Waals surface area contributed by atoms with Crippen molar-refractivity contribution < 1.29 is 4.79 Å². The summed E-state index contributed by atoms with van der Waals surface area (Å²) < 4.78 is 1.83. The average molecular weight is 284 g/mol. The van der Waals surface area contributed by atoms with Crippen molar-refractivity contribution in [1.29, 1.82) is 0 Å². The fraction of sp³-hybridized carbons (Fsp3) is 0.375. The third-order valence-corrected chi connectivity index (χ3v) is 4.04. The monoisotopic (exact) mass is 284 g/mol. The number of hydrogen-bond acceptors (Lipinski definition) is 3. The van der Waals surface area contributed by atoms with E-state index in [2.05, 4.69) is 10.4 Å². The molecule has 1 aromatic carbocycles. The molecule has 1 aliphatic carbocycles. The van der Waals surface area contributed by atoms with Gasteiger partial charge in [0.2, 0.25) is 5.91 Å². The molecule has 3 N–H and O–H groups in total. The predicted octanol–water partition coefficient (Wildman–Crippen LogP) is 2.14. The Hall–Kier alpha value is -2.14. The summed E-state index contributed by atoms with van der Waals surface area (Å²) in [6.07, 6.45) is 7.05. The molecule has 0 atom stereocenters. The molecular weight excluding hydrogens is 264 g/mol. The minimum atomic E-state index is -0.291. The highest BCUT2D eigenvalue weighted by Gasteiger charge is 2.34. The van der Waals surface area contributed by atoms with Gasteiger partial charge in [0.05, 0.1) is 6.54 Å². The van der Waals surface area contributed by atoms with Gasteiger partial charge in [0, 0.05) is 30.0 Å². The summed E-state index contributed by atoms with van der Waals surface area (Å²) in [6, 6.07) is 9.68. The molecule has 0 spiro atoms. The molecule has 110 valence electrons. The van der Waals surface area contributed by atoms with Crippen LogP contribution < -0.4 is 11.1 Å².